The van der Waals surface area contributed by atoms with E-state index in [0.29, 0.717) is 5.56 Å². The number of thiophene rings is 1. The van der Waals surface area contributed by atoms with Crippen LogP contribution in [0.25, 0.3) is 0 Å². The Labute approximate surface area is 144 Å². The van der Waals surface area contributed by atoms with Gasteiger partial charge in [-0.15, -0.1) is 11.3 Å². The fourth-order valence-corrected chi connectivity index (χ4v) is 5.00. The van der Waals surface area contributed by atoms with Crippen molar-refractivity contribution in [2.75, 3.05) is 13.6 Å². The van der Waals surface area contributed by atoms with Crippen LogP contribution in [-0.4, -0.2) is 33.8 Å². The molecule has 2 aromatic rings. The summed E-state index contributed by atoms with van der Waals surface area (Å²) in [4.78, 5) is 23.0. The molecule has 0 fully saturated rings. The minimum atomic E-state index is -3.68. The summed E-state index contributed by atoms with van der Waals surface area (Å²) in [6, 6.07) is 10.3. The van der Waals surface area contributed by atoms with Crippen LogP contribution < -0.4 is 10.6 Å². The van der Waals surface area contributed by atoms with Gasteiger partial charge in [0.15, 0.2) is 9.84 Å². The van der Waals surface area contributed by atoms with Crippen LogP contribution in [0.1, 0.15) is 16.4 Å². The molecule has 128 valence electrons. The Morgan fingerprint density at radius 2 is 1.79 bits per heavy atom. The average Bonchev–Trinajstić information content (AvgIpc) is 3.10. The Kier molecular flexibility index (Phi) is 5.74. The quantitative estimate of drug-likeness (QED) is 0.783. The highest BCUT2D eigenvalue weighted by atomic mass is 32.2. The van der Waals surface area contributed by atoms with Crippen molar-refractivity contribution >= 4 is 33.0 Å². The van der Waals surface area contributed by atoms with Gasteiger partial charge in [0.2, 0.25) is 0 Å². The second-order valence-corrected chi connectivity index (χ2v) is 8.47. The first kappa shape index (κ1) is 18.2. The number of hydrogen-bond donors (Lipinski definition) is 2. The Morgan fingerprint density at radius 1 is 1.12 bits per heavy atom. The summed E-state index contributed by atoms with van der Waals surface area (Å²) in [6.07, 6.45) is 0. The van der Waals surface area contributed by atoms with Crippen molar-refractivity contribution in [2.45, 2.75) is 16.4 Å². The van der Waals surface area contributed by atoms with E-state index < -0.39 is 26.9 Å². The summed E-state index contributed by atoms with van der Waals surface area (Å²) in [7, 11) is -2.34. The molecule has 1 atom stereocenters. The minimum absolute atomic E-state index is 0.185. The molecule has 2 amide bonds. The van der Waals surface area contributed by atoms with Crippen LogP contribution in [0.15, 0.2) is 46.0 Å². The monoisotopic (exact) mass is 366 g/mol. The summed E-state index contributed by atoms with van der Waals surface area (Å²) >= 11 is 1.12. The maximum atomic E-state index is 12.9. The highest BCUT2D eigenvalue weighted by Crippen LogP contribution is 2.31. The van der Waals surface area contributed by atoms with E-state index in [1.807, 2.05) is 19.1 Å². The van der Waals surface area contributed by atoms with E-state index >= 15 is 0 Å². The molecule has 2 rings (SSSR count). The summed E-state index contributed by atoms with van der Waals surface area (Å²) < 4.78 is 26.0. The molecule has 0 saturated heterocycles. The lowest BCUT2D eigenvalue weighted by molar-refractivity contribution is -0.138. The molecule has 0 aliphatic carbocycles. The Bertz CT molecular complexity index is 812. The lowest BCUT2D eigenvalue weighted by Gasteiger charge is -2.18. The van der Waals surface area contributed by atoms with Crippen LogP contribution in [0.3, 0.4) is 0 Å². The zero-order valence-corrected chi connectivity index (χ0v) is 14.9. The van der Waals surface area contributed by atoms with Crippen molar-refractivity contribution in [1.82, 2.24) is 10.6 Å². The smallest absolute Gasteiger partial charge is 0.309 e. The normalized spacial score (nSPS) is 12.4. The van der Waals surface area contributed by atoms with Gasteiger partial charge in [-0.1, -0.05) is 35.9 Å². The molecule has 1 aromatic carbocycles. The predicted octanol–water partition coefficient (Wildman–Crippen LogP) is 1.43. The molecule has 0 saturated carbocycles. The first-order valence-corrected chi connectivity index (χ1v) is 9.62. The third-order valence-corrected chi connectivity index (χ3v) is 7.01. The van der Waals surface area contributed by atoms with Crippen LogP contribution in [0, 0.1) is 6.92 Å². The highest BCUT2D eigenvalue weighted by molar-refractivity contribution is 7.93. The van der Waals surface area contributed by atoms with Crippen molar-refractivity contribution < 1.29 is 18.0 Å². The first-order valence-electron chi connectivity index (χ1n) is 7.20. The lowest BCUT2D eigenvalue weighted by atomic mass is 10.1. The zero-order valence-electron chi connectivity index (χ0n) is 13.3. The number of carbonyl (C=O) groups is 2. The number of amides is 2. The van der Waals surface area contributed by atoms with Crippen molar-refractivity contribution in [1.29, 1.82) is 0 Å². The third-order valence-electron chi connectivity index (χ3n) is 3.48. The number of likely N-dealkylation sites (N-methyl/N-ethyl adjacent to an activating group) is 1. The molecule has 0 aliphatic rings. The molecule has 0 aliphatic heterocycles. The van der Waals surface area contributed by atoms with Gasteiger partial charge >= 0.3 is 11.8 Å². The van der Waals surface area contributed by atoms with Gasteiger partial charge in [-0.2, -0.15) is 0 Å². The SMILES string of the molecule is CNC(=O)C(=O)NC[C@H](c1ccc(C)cc1)S(=O)(=O)c1cccs1. The molecule has 0 radical (unpaired) electrons. The van der Waals surface area contributed by atoms with Gasteiger partial charge < -0.3 is 10.6 Å². The molecule has 2 N–H and O–H groups in total. The van der Waals surface area contributed by atoms with Gasteiger partial charge in [0, 0.05) is 13.6 Å². The molecule has 0 unspecified atom stereocenters. The van der Waals surface area contributed by atoms with E-state index in [2.05, 4.69) is 10.6 Å². The molecule has 0 bridgehead atoms. The highest BCUT2D eigenvalue weighted by Gasteiger charge is 2.31. The van der Waals surface area contributed by atoms with E-state index in [9.17, 15) is 18.0 Å². The topological polar surface area (TPSA) is 92.3 Å². The Hall–Kier alpha value is -2.19. The largest absolute Gasteiger partial charge is 0.351 e. The van der Waals surface area contributed by atoms with E-state index in [-0.39, 0.29) is 10.8 Å². The average molecular weight is 366 g/mol. The van der Waals surface area contributed by atoms with Gasteiger partial charge in [-0.3, -0.25) is 9.59 Å². The van der Waals surface area contributed by atoms with Crippen molar-refractivity contribution in [2.24, 2.45) is 0 Å². The molecular formula is C16H18N2O4S2. The molecule has 8 heteroatoms. The summed E-state index contributed by atoms with van der Waals surface area (Å²) in [5.74, 6) is -1.68. The van der Waals surface area contributed by atoms with Crippen molar-refractivity contribution in [3.8, 4) is 0 Å². The van der Waals surface area contributed by atoms with E-state index in [1.165, 1.54) is 13.1 Å². The van der Waals surface area contributed by atoms with Crippen LogP contribution in [0.5, 0.6) is 0 Å². The Balaban J connectivity index is 2.33. The second-order valence-electron chi connectivity index (χ2n) is 5.17. The van der Waals surface area contributed by atoms with Gasteiger partial charge in [0.1, 0.15) is 9.46 Å². The summed E-state index contributed by atoms with van der Waals surface area (Å²) in [5, 5.41) is 5.31. The van der Waals surface area contributed by atoms with Gasteiger partial charge in [-0.05, 0) is 23.9 Å². The second kappa shape index (κ2) is 7.59. The molecule has 1 heterocycles. The number of sulfone groups is 1. The van der Waals surface area contributed by atoms with Gasteiger partial charge in [0.05, 0.1) is 0 Å². The standard InChI is InChI=1S/C16H18N2O4S2/c1-11-5-7-12(8-6-11)13(10-18-16(20)15(19)17-2)24(21,22)14-4-3-9-23-14/h3-9,13H,10H2,1-2H3,(H,17,19)(H,18,20)/t13-/m1/s1. The lowest BCUT2D eigenvalue weighted by Crippen LogP contribution is -2.40. The summed E-state index contributed by atoms with van der Waals surface area (Å²) in [6.45, 7) is 1.72. The van der Waals surface area contributed by atoms with E-state index in [4.69, 9.17) is 0 Å². The van der Waals surface area contributed by atoms with Crippen molar-refractivity contribution in [3.63, 3.8) is 0 Å². The number of aryl methyl sites for hydroxylation is 1. The number of rotatable bonds is 5. The third kappa shape index (κ3) is 4.01. The van der Waals surface area contributed by atoms with Gasteiger partial charge in [-0.25, -0.2) is 8.42 Å². The molecular weight excluding hydrogens is 348 g/mol. The zero-order chi connectivity index (χ0) is 17.7. The maximum absolute atomic E-state index is 12.9. The minimum Gasteiger partial charge on any atom is -0.351 e. The fraction of sp³-hybridized carbons (Fsp3) is 0.250. The number of carbonyl (C=O) groups excluding carboxylic acids is 2. The van der Waals surface area contributed by atoms with Crippen LogP contribution >= 0.6 is 11.3 Å². The van der Waals surface area contributed by atoms with Crippen molar-refractivity contribution in [3.05, 3.63) is 52.9 Å². The summed E-state index contributed by atoms with van der Waals surface area (Å²) in [5.41, 5.74) is 1.56. The number of nitrogens with one attached hydrogen (secondary N) is 2. The Morgan fingerprint density at radius 3 is 2.33 bits per heavy atom. The van der Waals surface area contributed by atoms with Gasteiger partial charge in [0.25, 0.3) is 0 Å². The van der Waals surface area contributed by atoms with E-state index in [0.717, 1.165) is 16.9 Å². The predicted molar refractivity (Wildman–Crippen MR) is 92.5 cm³/mol. The van der Waals surface area contributed by atoms with Crippen LogP contribution in [0.4, 0.5) is 0 Å². The van der Waals surface area contributed by atoms with Crippen LogP contribution in [-0.2, 0) is 19.4 Å². The number of hydrogen-bond acceptors (Lipinski definition) is 5. The molecule has 6 nitrogen and oxygen atoms in total. The van der Waals surface area contributed by atoms with E-state index in [1.54, 1.807) is 23.6 Å². The molecule has 0 spiro atoms. The maximum Gasteiger partial charge on any atom is 0.309 e. The molecule has 1 aromatic heterocycles. The van der Waals surface area contributed by atoms with Crippen LogP contribution in [0.2, 0.25) is 0 Å². The first-order chi connectivity index (χ1) is 11.4. The number of benzene rings is 1. The fourth-order valence-electron chi connectivity index (χ4n) is 2.13. The molecule has 24 heavy (non-hydrogen) atoms.